The van der Waals surface area contributed by atoms with Crippen molar-refractivity contribution in [3.63, 3.8) is 0 Å². The van der Waals surface area contributed by atoms with Crippen LogP contribution in [0.15, 0.2) is 76.4 Å². The first-order valence-electron chi connectivity index (χ1n) is 11.9. The van der Waals surface area contributed by atoms with E-state index in [1.165, 1.54) is 14.9 Å². The van der Waals surface area contributed by atoms with Crippen LogP contribution in [0.4, 0.5) is 0 Å². The maximum Gasteiger partial charge on any atom is 0.330 e. The molecule has 0 bridgehead atoms. The van der Waals surface area contributed by atoms with Crippen molar-refractivity contribution in [1.82, 2.24) is 9.55 Å². The molecule has 2 aromatic carbocycles. The highest BCUT2D eigenvalue weighted by Gasteiger charge is 2.51. The van der Waals surface area contributed by atoms with Crippen LogP contribution in [0.1, 0.15) is 45.9 Å². The van der Waals surface area contributed by atoms with Crippen molar-refractivity contribution in [1.29, 1.82) is 0 Å². The average Bonchev–Trinajstić information content (AvgIpc) is 3.17. The fourth-order valence-electron chi connectivity index (χ4n) is 5.01. The zero-order chi connectivity index (χ0) is 24.5. The normalized spacial score (nSPS) is 21.0. The summed E-state index contributed by atoms with van der Waals surface area (Å²) in [5, 5.41) is 2.33. The van der Waals surface area contributed by atoms with Gasteiger partial charge >= 0.3 is 5.69 Å². The zero-order valence-electron chi connectivity index (χ0n) is 20.6. The highest BCUT2D eigenvalue weighted by Crippen LogP contribution is 2.39. The van der Waals surface area contributed by atoms with Crippen LogP contribution in [-0.2, 0) is 9.16 Å². The summed E-state index contributed by atoms with van der Waals surface area (Å²) in [6, 6.07) is 21.1. The molecule has 3 aromatic rings. The molecule has 2 heterocycles. The van der Waals surface area contributed by atoms with Crippen LogP contribution in [-0.4, -0.2) is 30.6 Å². The third kappa shape index (κ3) is 4.47. The van der Waals surface area contributed by atoms with Gasteiger partial charge in [0.1, 0.15) is 6.23 Å². The number of aryl methyl sites for hydroxylation is 1. The van der Waals surface area contributed by atoms with Crippen molar-refractivity contribution >= 4 is 18.7 Å². The molecule has 6 nitrogen and oxygen atoms in total. The van der Waals surface area contributed by atoms with Crippen LogP contribution >= 0.6 is 0 Å². The van der Waals surface area contributed by atoms with E-state index in [0.717, 1.165) is 0 Å². The molecular formula is C27H34N2O4Si. The van der Waals surface area contributed by atoms with Crippen molar-refractivity contribution in [3.05, 3.63) is 93.3 Å². The summed E-state index contributed by atoms with van der Waals surface area (Å²) in [6.45, 7) is 11.0. The van der Waals surface area contributed by atoms with E-state index in [9.17, 15) is 9.59 Å². The first kappa shape index (κ1) is 24.4. The molecule has 0 aliphatic carbocycles. The summed E-state index contributed by atoms with van der Waals surface area (Å²) >= 11 is 0. The number of nitrogens with one attached hydrogen (secondary N) is 1. The Balaban J connectivity index is 1.66. The summed E-state index contributed by atoms with van der Waals surface area (Å²) < 4.78 is 14.9. The molecule has 7 heteroatoms. The smallest absolute Gasteiger partial charge is 0.330 e. The molecule has 34 heavy (non-hydrogen) atoms. The second kappa shape index (κ2) is 9.48. The SMILES string of the molecule is Cc1cn([C@H]2C[C@H](C)[C@@H](CO[Si](c3ccccc3)(c3ccccc3)C(C)(C)C)O2)c(=O)[nH]c1=O. The lowest BCUT2D eigenvalue weighted by Crippen LogP contribution is -2.67. The monoisotopic (exact) mass is 478 g/mol. The van der Waals surface area contributed by atoms with Gasteiger partial charge in [0.15, 0.2) is 0 Å². The van der Waals surface area contributed by atoms with Gasteiger partial charge in [-0.1, -0.05) is 88.4 Å². The van der Waals surface area contributed by atoms with E-state index < -0.39 is 20.2 Å². The predicted octanol–water partition coefficient (Wildman–Crippen LogP) is 3.35. The number of aromatic amines is 1. The van der Waals surface area contributed by atoms with Crippen molar-refractivity contribution in [2.24, 2.45) is 5.92 Å². The third-order valence-corrected chi connectivity index (χ3v) is 11.9. The van der Waals surface area contributed by atoms with E-state index in [-0.39, 0.29) is 22.6 Å². The Morgan fingerprint density at radius 2 is 1.59 bits per heavy atom. The Morgan fingerprint density at radius 1 is 1.03 bits per heavy atom. The van der Waals surface area contributed by atoms with Gasteiger partial charge in [-0.2, -0.15) is 0 Å². The summed E-state index contributed by atoms with van der Waals surface area (Å²) in [6.07, 6.45) is 1.68. The molecule has 4 rings (SSSR count). The van der Waals surface area contributed by atoms with Crippen molar-refractivity contribution in [3.8, 4) is 0 Å². The number of nitrogens with zero attached hydrogens (tertiary/aromatic N) is 1. The molecule has 1 fully saturated rings. The molecule has 0 spiro atoms. The Kier molecular flexibility index (Phi) is 6.80. The zero-order valence-corrected chi connectivity index (χ0v) is 21.6. The number of H-pyrrole nitrogens is 1. The minimum absolute atomic E-state index is 0.121. The van der Waals surface area contributed by atoms with Crippen LogP contribution in [0.2, 0.25) is 5.04 Å². The third-order valence-electron chi connectivity index (χ3n) is 6.88. The van der Waals surface area contributed by atoms with E-state index in [0.29, 0.717) is 18.6 Å². The molecule has 1 saturated heterocycles. The summed E-state index contributed by atoms with van der Waals surface area (Å²) in [5.74, 6) is 0.197. The molecule has 0 radical (unpaired) electrons. The number of ether oxygens (including phenoxy) is 1. The molecule has 180 valence electrons. The lowest BCUT2D eigenvalue weighted by Gasteiger charge is -2.43. The van der Waals surface area contributed by atoms with Crippen molar-refractivity contribution < 1.29 is 9.16 Å². The van der Waals surface area contributed by atoms with E-state index in [1.54, 1.807) is 13.1 Å². The Labute approximate surface area is 201 Å². The largest absolute Gasteiger partial charge is 0.405 e. The fraction of sp³-hybridized carbons (Fsp3) is 0.407. The van der Waals surface area contributed by atoms with Crippen LogP contribution in [0.5, 0.6) is 0 Å². The second-order valence-electron chi connectivity index (χ2n) is 10.3. The lowest BCUT2D eigenvalue weighted by atomic mass is 10.0. The first-order chi connectivity index (χ1) is 16.1. The highest BCUT2D eigenvalue weighted by atomic mass is 28.4. The van der Waals surface area contributed by atoms with Gasteiger partial charge in [0.2, 0.25) is 0 Å². The Morgan fingerprint density at radius 3 is 2.12 bits per heavy atom. The molecule has 1 aliphatic rings. The van der Waals surface area contributed by atoms with Crippen molar-refractivity contribution in [2.75, 3.05) is 6.61 Å². The summed E-state index contributed by atoms with van der Waals surface area (Å²) in [4.78, 5) is 26.6. The van der Waals surface area contributed by atoms with Gasteiger partial charge in [-0.15, -0.1) is 0 Å². The molecule has 0 unspecified atom stereocenters. The van der Waals surface area contributed by atoms with Gasteiger partial charge in [-0.05, 0) is 34.7 Å². The molecular weight excluding hydrogens is 444 g/mol. The first-order valence-corrected chi connectivity index (χ1v) is 13.8. The van der Waals surface area contributed by atoms with Crippen LogP contribution < -0.4 is 21.6 Å². The molecule has 1 N–H and O–H groups in total. The Bertz CT molecular complexity index is 1190. The summed E-state index contributed by atoms with van der Waals surface area (Å²) in [7, 11) is -2.67. The van der Waals surface area contributed by atoms with Gasteiger partial charge < -0.3 is 9.16 Å². The number of hydrogen-bond acceptors (Lipinski definition) is 4. The molecule has 0 amide bonds. The van der Waals surface area contributed by atoms with Gasteiger partial charge in [0.25, 0.3) is 13.9 Å². The number of hydrogen-bond donors (Lipinski definition) is 1. The maximum absolute atomic E-state index is 12.4. The van der Waals surface area contributed by atoms with Gasteiger partial charge in [0, 0.05) is 11.8 Å². The molecule has 0 saturated carbocycles. The van der Waals surface area contributed by atoms with E-state index >= 15 is 0 Å². The summed E-state index contributed by atoms with van der Waals surface area (Å²) in [5.41, 5.74) is -0.317. The van der Waals surface area contributed by atoms with Gasteiger partial charge in [0.05, 0.1) is 12.7 Å². The van der Waals surface area contributed by atoms with Crippen LogP contribution in [0, 0.1) is 12.8 Å². The maximum atomic E-state index is 12.4. The van der Waals surface area contributed by atoms with Gasteiger partial charge in [-0.3, -0.25) is 14.3 Å². The molecule has 1 aliphatic heterocycles. The van der Waals surface area contributed by atoms with E-state index in [1.807, 2.05) is 12.1 Å². The second-order valence-corrected chi connectivity index (χ2v) is 14.6. The number of rotatable bonds is 6. The molecule has 1 aromatic heterocycles. The minimum Gasteiger partial charge on any atom is -0.405 e. The molecule has 3 atom stereocenters. The van der Waals surface area contributed by atoms with Crippen LogP contribution in [0.25, 0.3) is 0 Å². The van der Waals surface area contributed by atoms with E-state index in [4.69, 9.17) is 9.16 Å². The lowest BCUT2D eigenvalue weighted by molar-refractivity contribution is -0.0281. The average molecular weight is 479 g/mol. The number of benzene rings is 2. The van der Waals surface area contributed by atoms with Crippen LogP contribution in [0.3, 0.4) is 0 Å². The number of aromatic nitrogens is 2. The predicted molar refractivity (Wildman–Crippen MR) is 137 cm³/mol. The van der Waals surface area contributed by atoms with Crippen molar-refractivity contribution in [2.45, 2.75) is 58.4 Å². The highest BCUT2D eigenvalue weighted by molar-refractivity contribution is 6.99. The standard InChI is InChI=1S/C27H34N2O4Si/c1-19-16-24(29-17-20(2)25(30)28-26(29)31)33-23(19)18-32-34(27(3,4)5,21-12-8-6-9-13-21)22-14-10-7-11-15-22/h6-15,17,19,23-24H,16,18H2,1-5H3,(H,28,30,31)/t19-,23+,24+/m0/s1. The topological polar surface area (TPSA) is 73.3 Å². The van der Waals surface area contributed by atoms with Gasteiger partial charge in [-0.25, -0.2) is 4.79 Å². The fourth-order valence-corrected chi connectivity index (χ4v) is 9.58. The van der Waals surface area contributed by atoms with E-state index in [2.05, 4.69) is 81.2 Å². The Hall–Kier alpha value is -2.74. The quantitative estimate of drug-likeness (QED) is 0.552. The minimum atomic E-state index is -2.67.